The van der Waals surface area contributed by atoms with Gasteiger partial charge in [0.2, 0.25) is 5.91 Å². The standard InChI is InChI=1S/C22H26N2O5S/c1-15-10-12-18(13-11-15)29-30(27)23-14-17-8-6-7-9-19(17)24(16(2)25)22(3,4)20(23)21(26)28-5/h6-13,20H,14H2,1-5H3. The summed E-state index contributed by atoms with van der Waals surface area (Å²) < 4.78 is 25.5. The first-order chi connectivity index (χ1) is 14.2. The van der Waals surface area contributed by atoms with E-state index in [0.29, 0.717) is 11.4 Å². The van der Waals surface area contributed by atoms with E-state index < -0.39 is 28.8 Å². The number of nitrogens with zero attached hydrogens (tertiary/aromatic N) is 2. The minimum atomic E-state index is -2.01. The minimum absolute atomic E-state index is 0.140. The maximum Gasteiger partial charge on any atom is 0.326 e. The molecule has 1 amide bonds. The van der Waals surface area contributed by atoms with Gasteiger partial charge < -0.3 is 13.8 Å². The molecule has 7 nitrogen and oxygen atoms in total. The third kappa shape index (κ3) is 4.11. The lowest BCUT2D eigenvalue weighted by Gasteiger charge is -2.42. The van der Waals surface area contributed by atoms with Crippen LogP contribution in [0.3, 0.4) is 0 Å². The summed E-state index contributed by atoms with van der Waals surface area (Å²) in [6, 6.07) is 13.4. The highest BCUT2D eigenvalue weighted by Gasteiger charge is 2.51. The molecule has 30 heavy (non-hydrogen) atoms. The van der Waals surface area contributed by atoms with Crippen molar-refractivity contribution in [1.82, 2.24) is 4.31 Å². The lowest BCUT2D eigenvalue weighted by atomic mass is 9.92. The van der Waals surface area contributed by atoms with Crippen LogP contribution in [0.1, 0.15) is 31.9 Å². The first-order valence-electron chi connectivity index (χ1n) is 9.57. The summed E-state index contributed by atoms with van der Waals surface area (Å²) in [5.41, 5.74) is 1.41. The minimum Gasteiger partial charge on any atom is -0.468 e. The Kier molecular flexibility index (Phi) is 6.28. The van der Waals surface area contributed by atoms with Crippen LogP contribution in [-0.2, 0) is 32.1 Å². The first kappa shape index (κ1) is 22.0. The molecule has 1 aliphatic rings. The molecule has 2 aromatic rings. The van der Waals surface area contributed by atoms with Crippen LogP contribution in [0.25, 0.3) is 0 Å². The molecule has 160 valence electrons. The van der Waals surface area contributed by atoms with Gasteiger partial charge in [0.1, 0.15) is 11.8 Å². The van der Waals surface area contributed by atoms with Crippen LogP contribution in [-0.4, -0.2) is 39.1 Å². The fourth-order valence-corrected chi connectivity index (χ4v) is 4.99. The number of esters is 1. The van der Waals surface area contributed by atoms with Gasteiger partial charge in [-0.25, -0.2) is 0 Å². The van der Waals surface area contributed by atoms with Crippen LogP contribution in [0.2, 0.25) is 0 Å². The van der Waals surface area contributed by atoms with Crippen molar-refractivity contribution in [3.05, 3.63) is 59.7 Å². The van der Waals surface area contributed by atoms with Crippen molar-refractivity contribution in [2.75, 3.05) is 12.0 Å². The molecule has 0 bridgehead atoms. The fraction of sp³-hybridized carbons (Fsp3) is 0.364. The van der Waals surface area contributed by atoms with Crippen LogP contribution >= 0.6 is 0 Å². The third-order valence-corrected chi connectivity index (χ3v) is 6.27. The second-order valence-corrected chi connectivity index (χ2v) is 8.82. The van der Waals surface area contributed by atoms with Crippen molar-refractivity contribution in [2.24, 2.45) is 0 Å². The predicted octanol–water partition coefficient (Wildman–Crippen LogP) is 3.14. The number of rotatable bonds is 4. The third-order valence-electron chi connectivity index (χ3n) is 5.21. The van der Waals surface area contributed by atoms with Gasteiger partial charge in [-0.3, -0.25) is 9.59 Å². The van der Waals surface area contributed by atoms with E-state index in [1.54, 1.807) is 30.9 Å². The molecule has 3 rings (SSSR count). The zero-order chi connectivity index (χ0) is 22.1. The Hall–Kier alpha value is -2.71. The number of para-hydroxylation sites is 1. The number of methoxy groups -OCH3 is 1. The van der Waals surface area contributed by atoms with E-state index in [-0.39, 0.29) is 12.5 Å². The molecule has 0 aromatic heterocycles. The number of carbonyl (C=O) groups is 2. The molecule has 0 saturated heterocycles. The van der Waals surface area contributed by atoms with Gasteiger partial charge in [-0.1, -0.05) is 35.9 Å². The van der Waals surface area contributed by atoms with Crippen molar-refractivity contribution in [3.8, 4) is 5.75 Å². The molecule has 0 fully saturated rings. The number of hydrogen-bond acceptors (Lipinski definition) is 5. The first-order valence-corrected chi connectivity index (χ1v) is 10.6. The number of fused-ring (bicyclic) bond motifs is 1. The number of hydrogen-bond donors (Lipinski definition) is 0. The van der Waals surface area contributed by atoms with E-state index >= 15 is 0 Å². The van der Waals surface area contributed by atoms with E-state index in [1.807, 2.05) is 43.3 Å². The summed E-state index contributed by atoms with van der Waals surface area (Å²) in [5, 5.41) is 0. The molecule has 0 saturated carbocycles. The van der Waals surface area contributed by atoms with Gasteiger partial charge in [0.05, 0.1) is 12.6 Å². The van der Waals surface area contributed by atoms with E-state index in [2.05, 4.69) is 0 Å². The second kappa shape index (κ2) is 8.57. The molecule has 0 N–H and O–H groups in total. The average Bonchev–Trinajstić information content (AvgIpc) is 2.79. The Bertz CT molecular complexity index is 974. The molecule has 0 spiro atoms. The van der Waals surface area contributed by atoms with E-state index in [1.165, 1.54) is 18.3 Å². The summed E-state index contributed by atoms with van der Waals surface area (Å²) in [7, 11) is 1.27. The van der Waals surface area contributed by atoms with Gasteiger partial charge in [-0.05, 0) is 44.5 Å². The molecule has 2 unspecified atom stereocenters. The molecule has 2 aromatic carbocycles. The Labute approximate surface area is 179 Å². The number of aryl methyl sites for hydroxylation is 1. The normalized spacial score (nSPS) is 19.4. The monoisotopic (exact) mass is 430 g/mol. The highest BCUT2D eigenvalue weighted by atomic mass is 32.2. The maximum absolute atomic E-state index is 13.3. The summed E-state index contributed by atoms with van der Waals surface area (Å²) in [5.74, 6) is -0.408. The highest BCUT2D eigenvalue weighted by molar-refractivity contribution is 7.78. The fourth-order valence-electron chi connectivity index (χ4n) is 3.86. The van der Waals surface area contributed by atoms with E-state index in [4.69, 9.17) is 8.92 Å². The van der Waals surface area contributed by atoms with Gasteiger partial charge in [-0.15, -0.1) is 0 Å². The SMILES string of the molecule is COC(=O)C1N(S(=O)Oc2ccc(C)cc2)Cc2ccccc2N(C(C)=O)C1(C)C. The predicted molar refractivity (Wildman–Crippen MR) is 115 cm³/mol. The quantitative estimate of drug-likeness (QED) is 0.697. The van der Waals surface area contributed by atoms with Gasteiger partial charge >= 0.3 is 5.97 Å². The molecule has 0 aliphatic carbocycles. The van der Waals surface area contributed by atoms with Crippen molar-refractivity contribution in [3.63, 3.8) is 0 Å². The topological polar surface area (TPSA) is 76.2 Å². The Morgan fingerprint density at radius 2 is 1.73 bits per heavy atom. The molecular formula is C22H26N2O5S. The van der Waals surface area contributed by atoms with Crippen molar-refractivity contribution in [1.29, 1.82) is 0 Å². The van der Waals surface area contributed by atoms with Crippen LogP contribution in [0.4, 0.5) is 5.69 Å². The zero-order valence-electron chi connectivity index (χ0n) is 17.7. The zero-order valence-corrected chi connectivity index (χ0v) is 18.6. The van der Waals surface area contributed by atoms with Crippen molar-refractivity contribution < 1.29 is 22.7 Å². The second-order valence-electron chi connectivity index (χ2n) is 7.75. The van der Waals surface area contributed by atoms with Crippen LogP contribution in [0, 0.1) is 6.92 Å². The number of ether oxygens (including phenoxy) is 1. The Morgan fingerprint density at radius 1 is 1.10 bits per heavy atom. The number of amides is 1. The van der Waals surface area contributed by atoms with Gasteiger partial charge in [-0.2, -0.15) is 8.51 Å². The number of anilines is 1. The summed E-state index contributed by atoms with van der Waals surface area (Å²) in [6.07, 6.45) is 0. The Balaban J connectivity index is 2.10. The largest absolute Gasteiger partial charge is 0.468 e. The molecule has 0 radical (unpaired) electrons. The molecule has 2 atom stereocenters. The van der Waals surface area contributed by atoms with Gasteiger partial charge in [0.25, 0.3) is 11.3 Å². The van der Waals surface area contributed by atoms with Crippen LogP contribution in [0.5, 0.6) is 5.75 Å². The van der Waals surface area contributed by atoms with Gasteiger partial charge in [0.15, 0.2) is 0 Å². The average molecular weight is 431 g/mol. The van der Waals surface area contributed by atoms with E-state index in [9.17, 15) is 13.8 Å². The summed E-state index contributed by atoms with van der Waals surface area (Å²) >= 11 is -2.01. The summed E-state index contributed by atoms with van der Waals surface area (Å²) in [6.45, 7) is 7.05. The van der Waals surface area contributed by atoms with Crippen molar-refractivity contribution in [2.45, 2.75) is 45.8 Å². The number of carbonyl (C=O) groups excluding carboxylic acids is 2. The molecule has 1 heterocycles. The summed E-state index contributed by atoms with van der Waals surface area (Å²) in [4.78, 5) is 27.1. The maximum atomic E-state index is 13.3. The highest BCUT2D eigenvalue weighted by Crippen LogP contribution is 2.38. The smallest absolute Gasteiger partial charge is 0.326 e. The molecule has 1 aliphatic heterocycles. The lowest BCUT2D eigenvalue weighted by molar-refractivity contribution is -0.147. The van der Waals surface area contributed by atoms with Crippen LogP contribution < -0.4 is 9.08 Å². The molecular weight excluding hydrogens is 404 g/mol. The lowest BCUT2D eigenvalue weighted by Crippen LogP contribution is -2.62. The van der Waals surface area contributed by atoms with Gasteiger partial charge in [0, 0.05) is 19.2 Å². The Morgan fingerprint density at radius 3 is 2.33 bits per heavy atom. The van der Waals surface area contributed by atoms with Crippen molar-refractivity contribution >= 4 is 28.8 Å². The number of benzene rings is 2. The van der Waals surface area contributed by atoms with E-state index in [0.717, 1.165) is 11.1 Å². The van der Waals surface area contributed by atoms with Crippen LogP contribution in [0.15, 0.2) is 48.5 Å². The molecule has 8 heteroatoms.